The van der Waals surface area contributed by atoms with Crippen molar-refractivity contribution in [1.82, 2.24) is 9.97 Å². The van der Waals surface area contributed by atoms with E-state index in [4.69, 9.17) is 4.42 Å². The zero-order valence-corrected chi connectivity index (χ0v) is 12.2. The largest absolute Gasteiger partial charge is 0.449 e. The highest BCUT2D eigenvalue weighted by Crippen LogP contribution is 2.21. The van der Waals surface area contributed by atoms with Gasteiger partial charge >= 0.3 is 0 Å². The third-order valence-corrected chi connectivity index (χ3v) is 3.85. The molecular formula is C15H15N3OS. The minimum absolute atomic E-state index is 0.683. The second-order valence-corrected chi connectivity index (χ2v) is 5.85. The molecule has 0 atom stereocenters. The van der Waals surface area contributed by atoms with E-state index >= 15 is 0 Å². The van der Waals surface area contributed by atoms with Crippen LogP contribution in [0.25, 0.3) is 11.3 Å². The number of thiazole rings is 1. The zero-order chi connectivity index (χ0) is 13.9. The Morgan fingerprint density at radius 1 is 1.20 bits per heavy atom. The maximum Gasteiger partial charge on any atom is 0.191 e. The molecule has 0 bridgehead atoms. The summed E-state index contributed by atoms with van der Waals surface area (Å²) >= 11 is 1.71. The van der Waals surface area contributed by atoms with Crippen molar-refractivity contribution in [3.63, 3.8) is 0 Å². The number of aryl methyl sites for hydroxylation is 2. The Kier molecular flexibility index (Phi) is 3.52. The number of nitrogens with zero attached hydrogens (tertiary/aromatic N) is 2. The second kappa shape index (κ2) is 5.46. The van der Waals surface area contributed by atoms with Crippen LogP contribution >= 0.6 is 11.3 Å². The first-order chi connectivity index (χ1) is 9.70. The van der Waals surface area contributed by atoms with Gasteiger partial charge in [0.05, 0.1) is 11.6 Å². The van der Waals surface area contributed by atoms with E-state index in [1.54, 1.807) is 17.6 Å². The first-order valence-electron chi connectivity index (χ1n) is 6.38. The summed E-state index contributed by atoms with van der Waals surface area (Å²) in [7, 11) is 0. The molecular weight excluding hydrogens is 270 g/mol. The van der Waals surface area contributed by atoms with Gasteiger partial charge in [-0.15, -0.1) is 11.3 Å². The van der Waals surface area contributed by atoms with Gasteiger partial charge in [0.1, 0.15) is 12.0 Å². The van der Waals surface area contributed by atoms with Crippen molar-refractivity contribution in [2.24, 2.45) is 0 Å². The summed E-state index contributed by atoms with van der Waals surface area (Å²) in [6.07, 6.45) is 3.59. The lowest BCUT2D eigenvalue weighted by atomic mass is 10.1. The molecule has 1 aromatic carbocycles. The van der Waals surface area contributed by atoms with Crippen molar-refractivity contribution in [3.8, 4) is 11.3 Å². The number of hydrogen-bond acceptors (Lipinski definition) is 5. The molecule has 5 heteroatoms. The summed E-state index contributed by atoms with van der Waals surface area (Å²) in [6, 6.07) is 8.18. The smallest absolute Gasteiger partial charge is 0.191 e. The van der Waals surface area contributed by atoms with Gasteiger partial charge in [0.25, 0.3) is 0 Å². The Morgan fingerprint density at radius 2 is 2.00 bits per heavy atom. The average molecular weight is 285 g/mol. The maximum atomic E-state index is 5.22. The highest BCUT2D eigenvalue weighted by atomic mass is 32.1. The third kappa shape index (κ3) is 2.88. The molecule has 4 nitrogen and oxygen atoms in total. The highest BCUT2D eigenvalue weighted by molar-refractivity contribution is 7.11. The Balaban J connectivity index is 1.67. The van der Waals surface area contributed by atoms with Gasteiger partial charge in [-0.05, 0) is 19.1 Å². The Bertz CT molecular complexity index is 700. The van der Waals surface area contributed by atoms with Gasteiger partial charge in [0.15, 0.2) is 5.89 Å². The molecule has 0 saturated carbocycles. The average Bonchev–Trinajstić information content (AvgIpc) is 3.06. The molecule has 0 fully saturated rings. The Labute approximate surface area is 121 Å². The number of anilines is 1. The first-order valence-corrected chi connectivity index (χ1v) is 7.20. The van der Waals surface area contributed by atoms with Crippen molar-refractivity contribution in [3.05, 3.63) is 52.5 Å². The van der Waals surface area contributed by atoms with Crippen LogP contribution in [0.5, 0.6) is 0 Å². The normalized spacial score (nSPS) is 10.7. The fourth-order valence-corrected chi connectivity index (χ4v) is 2.67. The lowest BCUT2D eigenvalue weighted by molar-refractivity contribution is 0.521. The fourth-order valence-electron chi connectivity index (χ4n) is 1.93. The third-order valence-electron chi connectivity index (χ3n) is 2.94. The number of aromatic nitrogens is 2. The maximum absolute atomic E-state index is 5.22. The van der Waals surface area contributed by atoms with Gasteiger partial charge in [-0.25, -0.2) is 9.97 Å². The SMILES string of the molecule is Cc1nc(-c2ccc(NCc3cnc(C)s3)cc2)co1. The molecule has 0 spiro atoms. The molecule has 0 saturated heterocycles. The first kappa shape index (κ1) is 12.9. The van der Waals surface area contributed by atoms with Crippen LogP contribution in [0.3, 0.4) is 0 Å². The van der Waals surface area contributed by atoms with Crippen LogP contribution in [-0.2, 0) is 6.54 Å². The Morgan fingerprint density at radius 3 is 2.60 bits per heavy atom. The standard InChI is InChI=1S/C15H15N3OS/c1-10-18-15(9-19-10)12-3-5-13(6-4-12)17-8-14-7-16-11(2)20-14/h3-7,9,17H,8H2,1-2H3. The molecule has 1 N–H and O–H groups in total. The monoisotopic (exact) mass is 285 g/mol. The quantitative estimate of drug-likeness (QED) is 0.786. The van der Waals surface area contributed by atoms with E-state index < -0.39 is 0 Å². The van der Waals surface area contributed by atoms with Crippen LogP contribution in [0.15, 0.2) is 41.1 Å². The molecule has 0 unspecified atom stereocenters. The number of rotatable bonds is 4. The summed E-state index contributed by atoms with van der Waals surface area (Å²) in [5, 5.41) is 4.48. The van der Waals surface area contributed by atoms with E-state index in [-0.39, 0.29) is 0 Å². The Hall–Kier alpha value is -2.14. The summed E-state index contributed by atoms with van der Waals surface area (Å²) in [4.78, 5) is 9.79. The summed E-state index contributed by atoms with van der Waals surface area (Å²) < 4.78 is 5.22. The molecule has 0 amide bonds. The van der Waals surface area contributed by atoms with Gasteiger partial charge in [0, 0.05) is 29.2 Å². The lowest BCUT2D eigenvalue weighted by Gasteiger charge is -2.05. The molecule has 2 aromatic heterocycles. The summed E-state index contributed by atoms with van der Waals surface area (Å²) in [6.45, 7) is 4.66. The highest BCUT2D eigenvalue weighted by Gasteiger charge is 2.03. The topological polar surface area (TPSA) is 51.0 Å². The van der Waals surface area contributed by atoms with Crippen molar-refractivity contribution < 1.29 is 4.42 Å². The predicted octanol–water partition coefficient (Wildman–Crippen LogP) is 4.03. The predicted molar refractivity (Wildman–Crippen MR) is 80.9 cm³/mol. The second-order valence-electron chi connectivity index (χ2n) is 4.53. The fraction of sp³-hybridized carbons (Fsp3) is 0.200. The van der Waals surface area contributed by atoms with Crippen molar-refractivity contribution >= 4 is 17.0 Å². The van der Waals surface area contributed by atoms with Crippen molar-refractivity contribution in [2.75, 3.05) is 5.32 Å². The van der Waals surface area contributed by atoms with E-state index in [9.17, 15) is 0 Å². The molecule has 0 aliphatic rings. The minimum atomic E-state index is 0.683. The van der Waals surface area contributed by atoms with Gasteiger partial charge < -0.3 is 9.73 Å². The van der Waals surface area contributed by atoms with E-state index in [0.29, 0.717) is 5.89 Å². The molecule has 3 aromatic rings. The van der Waals surface area contributed by atoms with E-state index in [0.717, 1.165) is 28.5 Å². The van der Waals surface area contributed by atoms with E-state index in [1.165, 1.54) is 4.88 Å². The molecule has 0 aliphatic carbocycles. The molecule has 3 rings (SSSR count). The molecule has 0 radical (unpaired) electrons. The number of oxazole rings is 1. The molecule has 0 aliphatic heterocycles. The number of nitrogens with one attached hydrogen (secondary N) is 1. The molecule has 2 heterocycles. The van der Waals surface area contributed by atoms with Gasteiger partial charge in [-0.1, -0.05) is 12.1 Å². The molecule has 102 valence electrons. The van der Waals surface area contributed by atoms with Gasteiger partial charge in [-0.2, -0.15) is 0 Å². The van der Waals surface area contributed by atoms with Crippen LogP contribution in [-0.4, -0.2) is 9.97 Å². The lowest BCUT2D eigenvalue weighted by Crippen LogP contribution is -1.96. The number of benzene rings is 1. The van der Waals surface area contributed by atoms with E-state index in [1.807, 2.05) is 44.3 Å². The molecule has 20 heavy (non-hydrogen) atoms. The van der Waals surface area contributed by atoms with Crippen LogP contribution in [0.4, 0.5) is 5.69 Å². The summed E-state index contributed by atoms with van der Waals surface area (Å²) in [5.74, 6) is 0.683. The van der Waals surface area contributed by atoms with Crippen molar-refractivity contribution in [2.45, 2.75) is 20.4 Å². The van der Waals surface area contributed by atoms with Crippen LogP contribution in [0.2, 0.25) is 0 Å². The van der Waals surface area contributed by atoms with E-state index in [2.05, 4.69) is 15.3 Å². The van der Waals surface area contributed by atoms with Crippen LogP contribution < -0.4 is 5.32 Å². The van der Waals surface area contributed by atoms with Crippen LogP contribution in [0.1, 0.15) is 15.8 Å². The van der Waals surface area contributed by atoms with Gasteiger partial charge in [0.2, 0.25) is 0 Å². The zero-order valence-electron chi connectivity index (χ0n) is 11.4. The van der Waals surface area contributed by atoms with Crippen LogP contribution in [0, 0.1) is 13.8 Å². The van der Waals surface area contributed by atoms with Crippen molar-refractivity contribution in [1.29, 1.82) is 0 Å². The summed E-state index contributed by atoms with van der Waals surface area (Å²) in [5.41, 5.74) is 3.01. The van der Waals surface area contributed by atoms with Gasteiger partial charge in [-0.3, -0.25) is 0 Å². The minimum Gasteiger partial charge on any atom is -0.449 e. The number of hydrogen-bond donors (Lipinski definition) is 1.